The van der Waals surface area contributed by atoms with Gasteiger partial charge in [-0.25, -0.2) is 5.43 Å². The average Bonchev–Trinajstić information content (AvgIpc) is 2.84. The van der Waals surface area contributed by atoms with E-state index in [1.54, 1.807) is 72.8 Å². The summed E-state index contributed by atoms with van der Waals surface area (Å²) in [7, 11) is 1.46. The second-order valence-electron chi connectivity index (χ2n) is 6.77. The molecule has 174 valence electrons. The number of hydrazone groups is 1. The average molecular weight is 481 g/mol. The first kappa shape index (κ1) is 24.3. The molecule has 0 bridgehead atoms. The molecule has 3 aromatic rings. The normalized spacial score (nSPS) is 10.4. The van der Waals surface area contributed by atoms with Crippen LogP contribution in [0, 0.1) is 0 Å². The molecule has 34 heavy (non-hydrogen) atoms. The van der Waals surface area contributed by atoms with Crippen molar-refractivity contribution in [3.63, 3.8) is 0 Å². The largest absolute Gasteiger partial charge is 0.495 e. The van der Waals surface area contributed by atoms with Gasteiger partial charge in [0.2, 0.25) is 0 Å². The van der Waals surface area contributed by atoms with Crippen molar-refractivity contribution < 1.29 is 23.9 Å². The molecule has 0 aromatic heterocycles. The van der Waals surface area contributed by atoms with Crippen LogP contribution in [0.15, 0.2) is 77.9 Å². The predicted molar refractivity (Wildman–Crippen MR) is 129 cm³/mol. The zero-order chi connectivity index (χ0) is 24.3. The molecule has 0 aliphatic heterocycles. The molecule has 3 amide bonds. The number of para-hydroxylation sites is 2. The van der Waals surface area contributed by atoms with Crippen LogP contribution in [0.4, 0.5) is 11.4 Å². The van der Waals surface area contributed by atoms with Gasteiger partial charge in [-0.15, -0.1) is 0 Å². The zero-order valence-corrected chi connectivity index (χ0v) is 18.8. The van der Waals surface area contributed by atoms with Gasteiger partial charge in [0, 0.05) is 10.7 Å². The van der Waals surface area contributed by atoms with Crippen molar-refractivity contribution in [3.8, 4) is 11.5 Å². The number of halogens is 1. The summed E-state index contributed by atoms with van der Waals surface area (Å²) in [4.78, 5) is 36.0. The van der Waals surface area contributed by atoms with Crippen LogP contribution < -0.4 is 25.5 Å². The van der Waals surface area contributed by atoms with Crippen LogP contribution in [-0.4, -0.2) is 37.7 Å². The molecule has 0 saturated heterocycles. The lowest BCUT2D eigenvalue weighted by Gasteiger charge is -2.08. The van der Waals surface area contributed by atoms with Crippen LogP contribution in [0.2, 0.25) is 5.02 Å². The number of hydrogen-bond acceptors (Lipinski definition) is 6. The minimum atomic E-state index is -0.937. The van der Waals surface area contributed by atoms with Gasteiger partial charge in [-0.3, -0.25) is 14.4 Å². The molecule has 3 N–H and O–H groups in total. The van der Waals surface area contributed by atoms with Gasteiger partial charge in [0.25, 0.3) is 5.91 Å². The Balaban J connectivity index is 1.44. The molecule has 0 heterocycles. The van der Waals surface area contributed by atoms with Crippen LogP contribution >= 0.6 is 11.6 Å². The Morgan fingerprint density at radius 3 is 2.44 bits per heavy atom. The predicted octanol–water partition coefficient (Wildman–Crippen LogP) is 3.45. The number of benzene rings is 3. The molecule has 0 saturated carbocycles. The lowest BCUT2D eigenvalue weighted by Crippen LogP contribution is -2.32. The molecule has 9 nitrogen and oxygen atoms in total. The summed E-state index contributed by atoms with van der Waals surface area (Å²) in [6, 6.07) is 20.1. The first-order chi connectivity index (χ1) is 16.4. The summed E-state index contributed by atoms with van der Waals surface area (Å²) >= 11 is 5.89. The maximum Gasteiger partial charge on any atom is 0.329 e. The molecule has 0 aliphatic carbocycles. The molecule has 0 atom stereocenters. The standard InChI is InChI=1S/C24H21ClN4O5/c1-33-21-8-3-2-7-20(21)28-23(31)24(32)29-26-14-16-9-11-19(12-10-16)34-15-22(30)27-18-6-4-5-17(25)13-18/h2-14H,15H2,1H3,(H,27,30)(H,28,31)(H,29,32)/b26-14-. The first-order valence-electron chi connectivity index (χ1n) is 10.0. The monoisotopic (exact) mass is 480 g/mol. The van der Waals surface area contributed by atoms with E-state index in [4.69, 9.17) is 21.1 Å². The lowest BCUT2D eigenvalue weighted by molar-refractivity contribution is -0.136. The minimum Gasteiger partial charge on any atom is -0.495 e. The quantitative estimate of drug-likeness (QED) is 0.259. The zero-order valence-electron chi connectivity index (χ0n) is 18.1. The number of carbonyl (C=O) groups excluding carboxylic acids is 3. The summed E-state index contributed by atoms with van der Waals surface area (Å²) in [5, 5.41) is 9.43. The van der Waals surface area contributed by atoms with Gasteiger partial charge in [0.15, 0.2) is 6.61 Å². The number of rotatable bonds is 8. The summed E-state index contributed by atoms with van der Waals surface area (Å²) < 4.78 is 10.6. The number of amides is 3. The third kappa shape index (κ3) is 7.35. The van der Waals surface area contributed by atoms with E-state index < -0.39 is 11.8 Å². The number of nitrogens with zero attached hydrogens (tertiary/aromatic N) is 1. The molecular weight excluding hydrogens is 460 g/mol. The molecule has 10 heteroatoms. The molecule has 0 fully saturated rings. The summed E-state index contributed by atoms with van der Waals surface area (Å²) in [5.74, 6) is -1.26. The van der Waals surface area contributed by atoms with E-state index in [0.717, 1.165) is 0 Å². The number of methoxy groups -OCH3 is 1. The topological polar surface area (TPSA) is 118 Å². The molecule has 0 spiro atoms. The Kier molecular flexibility index (Phi) is 8.59. The van der Waals surface area contributed by atoms with Gasteiger partial charge in [-0.05, 0) is 60.2 Å². The van der Waals surface area contributed by atoms with Crippen molar-refractivity contribution in [3.05, 3.63) is 83.4 Å². The van der Waals surface area contributed by atoms with E-state index in [2.05, 4.69) is 21.2 Å². The Morgan fingerprint density at radius 2 is 1.71 bits per heavy atom. The number of carbonyl (C=O) groups is 3. The van der Waals surface area contributed by atoms with Crippen LogP contribution in [0.1, 0.15) is 5.56 Å². The number of nitrogens with one attached hydrogen (secondary N) is 3. The number of anilines is 2. The Morgan fingerprint density at radius 1 is 0.941 bits per heavy atom. The minimum absolute atomic E-state index is 0.183. The molecular formula is C24H21ClN4O5. The molecule has 0 radical (unpaired) electrons. The summed E-state index contributed by atoms with van der Waals surface area (Å²) in [6.45, 7) is -0.183. The first-order valence-corrected chi connectivity index (χ1v) is 10.4. The fourth-order valence-corrected chi connectivity index (χ4v) is 2.90. The summed E-state index contributed by atoms with van der Waals surface area (Å²) in [6.07, 6.45) is 1.36. The van der Waals surface area contributed by atoms with Gasteiger partial charge in [0.05, 0.1) is 19.0 Å². The van der Waals surface area contributed by atoms with Crippen molar-refractivity contribution in [1.29, 1.82) is 0 Å². The lowest BCUT2D eigenvalue weighted by atomic mass is 10.2. The Hall–Kier alpha value is -4.37. The number of hydrogen-bond donors (Lipinski definition) is 3. The highest BCUT2D eigenvalue weighted by Gasteiger charge is 2.14. The van der Waals surface area contributed by atoms with Gasteiger partial charge in [0.1, 0.15) is 11.5 Å². The number of ether oxygens (including phenoxy) is 2. The van der Waals surface area contributed by atoms with Crippen LogP contribution in [0.3, 0.4) is 0 Å². The maximum absolute atomic E-state index is 12.0. The van der Waals surface area contributed by atoms with E-state index in [1.807, 2.05) is 0 Å². The third-order valence-electron chi connectivity index (χ3n) is 4.30. The Bertz CT molecular complexity index is 1200. The maximum atomic E-state index is 12.0. The van der Waals surface area contributed by atoms with Gasteiger partial charge in [-0.1, -0.05) is 29.8 Å². The molecule has 3 rings (SSSR count). The van der Waals surface area contributed by atoms with Crippen molar-refractivity contribution in [2.75, 3.05) is 24.4 Å². The van der Waals surface area contributed by atoms with Crippen molar-refractivity contribution in [2.24, 2.45) is 5.10 Å². The van der Waals surface area contributed by atoms with Crippen molar-refractivity contribution in [1.82, 2.24) is 5.43 Å². The highest BCUT2D eigenvalue weighted by Crippen LogP contribution is 2.22. The van der Waals surface area contributed by atoms with E-state index in [1.165, 1.54) is 13.3 Å². The van der Waals surface area contributed by atoms with Crippen LogP contribution in [-0.2, 0) is 14.4 Å². The highest BCUT2D eigenvalue weighted by atomic mass is 35.5. The third-order valence-corrected chi connectivity index (χ3v) is 4.53. The van der Waals surface area contributed by atoms with Crippen molar-refractivity contribution >= 4 is 46.9 Å². The van der Waals surface area contributed by atoms with E-state index in [0.29, 0.717) is 33.5 Å². The molecule has 0 aliphatic rings. The highest BCUT2D eigenvalue weighted by molar-refractivity contribution is 6.39. The summed E-state index contributed by atoms with van der Waals surface area (Å²) in [5.41, 5.74) is 3.74. The fourth-order valence-electron chi connectivity index (χ4n) is 2.71. The smallest absolute Gasteiger partial charge is 0.329 e. The van der Waals surface area contributed by atoms with E-state index >= 15 is 0 Å². The van der Waals surface area contributed by atoms with Gasteiger partial charge >= 0.3 is 11.8 Å². The molecule has 3 aromatic carbocycles. The van der Waals surface area contributed by atoms with E-state index in [-0.39, 0.29) is 12.5 Å². The fraction of sp³-hybridized carbons (Fsp3) is 0.0833. The second-order valence-corrected chi connectivity index (χ2v) is 7.21. The SMILES string of the molecule is COc1ccccc1NC(=O)C(=O)N/N=C\c1ccc(OCC(=O)Nc2cccc(Cl)c2)cc1. The van der Waals surface area contributed by atoms with Crippen molar-refractivity contribution in [2.45, 2.75) is 0 Å². The molecule has 0 unspecified atom stereocenters. The van der Waals surface area contributed by atoms with Crippen LogP contribution in [0.25, 0.3) is 0 Å². The van der Waals surface area contributed by atoms with E-state index in [9.17, 15) is 14.4 Å². The Labute approximate surface area is 200 Å². The van der Waals surface area contributed by atoms with Gasteiger partial charge < -0.3 is 20.1 Å². The van der Waals surface area contributed by atoms with Crippen LogP contribution in [0.5, 0.6) is 11.5 Å². The second kappa shape index (κ2) is 12.0. The van der Waals surface area contributed by atoms with Gasteiger partial charge in [-0.2, -0.15) is 5.10 Å².